The number of hydrogen-bond donors (Lipinski definition) is 2. The van der Waals surface area contributed by atoms with E-state index in [1.165, 1.54) is 6.92 Å². The standard InChI is InChI=1S/C24H21N3O6/c1-14(28)13-31-18-4-3-5-19(11-18)32-22-9-7-17(12-25-22)23-27-20-8-6-16(10-21(20)33-23)15(2)26-24(29)30/h3-12,15,26H,13H2,1-2H3,(H,29,30). The molecule has 9 heteroatoms. The number of fused-ring (bicyclic) bond motifs is 1. The van der Waals surface area contributed by atoms with Gasteiger partial charge >= 0.3 is 6.09 Å². The number of carbonyl (C=O) groups excluding carboxylic acids is 1. The van der Waals surface area contributed by atoms with Gasteiger partial charge in [-0.15, -0.1) is 0 Å². The van der Waals surface area contributed by atoms with Gasteiger partial charge in [0.05, 0.1) is 11.6 Å². The number of nitrogens with zero attached hydrogens (tertiary/aromatic N) is 2. The van der Waals surface area contributed by atoms with Crippen LogP contribution in [0, 0.1) is 0 Å². The number of ether oxygens (including phenoxy) is 2. The number of oxazole rings is 1. The van der Waals surface area contributed by atoms with Gasteiger partial charge in [-0.3, -0.25) is 4.79 Å². The van der Waals surface area contributed by atoms with Gasteiger partial charge < -0.3 is 24.3 Å². The minimum atomic E-state index is -1.09. The predicted molar refractivity (Wildman–Crippen MR) is 120 cm³/mol. The molecule has 2 N–H and O–H groups in total. The summed E-state index contributed by atoms with van der Waals surface area (Å²) < 4.78 is 17.0. The number of amides is 1. The summed E-state index contributed by atoms with van der Waals surface area (Å²) in [5, 5.41) is 11.3. The zero-order valence-electron chi connectivity index (χ0n) is 17.9. The lowest BCUT2D eigenvalue weighted by molar-refractivity contribution is -0.118. The van der Waals surface area contributed by atoms with Crippen molar-refractivity contribution in [3.05, 3.63) is 66.4 Å². The first kappa shape index (κ1) is 21.8. The molecule has 2 heterocycles. The van der Waals surface area contributed by atoms with Crippen LogP contribution in [0.15, 0.2) is 65.2 Å². The Labute approximate surface area is 189 Å². The van der Waals surface area contributed by atoms with Crippen molar-refractivity contribution in [1.29, 1.82) is 0 Å². The van der Waals surface area contributed by atoms with E-state index in [4.69, 9.17) is 19.0 Å². The number of pyridine rings is 1. The summed E-state index contributed by atoms with van der Waals surface area (Å²) in [5.41, 5.74) is 2.63. The number of carboxylic acid groups (broad SMARTS) is 1. The number of Topliss-reactive ketones (excluding diaryl/α,β-unsaturated/α-hetero) is 1. The summed E-state index contributed by atoms with van der Waals surface area (Å²) >= 11 is 0. The molecule has 4 rings (SSSR count). The zero-order chi connectivity index (χ0) is 23.4. The van der Waals surface area contributed by atoms with Crippen molar-refractivity contribution in [3.63, 3.8) is 0 Å². The first-order valence-corrected chi connectivity index (χ1v) is 10.1. The lowest BCUT2D eigenvalue weighted by Crippen LogP contribution is -2.24. The normalized spacial score (nSPS) is 11.7. The molecular formula is C24H21N3O6. The molecule has 0 aliphatic heterocycles. The fourth-order valence-corrected chi connectivity index (χ4v) is 3.10. The molecule has 0 saturated carbocycles. The maximum absolute atomic E-state index is 11.1. The van der Waals surface area contributed by atoms with Crippen molar-refractivity contribution in [1.82, 2.24) is 15.3 Å². The molecule has 1 unspecified atom stereocenters. The van der Waals surface area contributed by atoms with Gasteiger partial charge in [-0.1, -0.05) is 12.1 Å². The highest BCUT2D eigenvalue weighted by atomic mass is 16.5. The first-order valence-electron chi connectivity index (χ1n) is 10.1. The molecule has 0 fully saturated rings. The van der Waals surface area contributed by atoms with E-state index in [-0.39, 0.29) is 18.4 Å². The Kier molecular flexibility index (Phi) is 6.21. The number of benzene rings is 2. The Morgan fingerprint density at radius 1 is 1.12 bits per heavy atom. The largest absolute Gasteiger partial charge is 0.486 e. The van der Waals surface area contributed by atoms with Crippen LogP contribution < -0.4 is 14.8 Å². The van der Waals surface area contributed by atoms with E-state index in [0.29, 0.717) is 39.9 Å². The van der Waals surface area contributed by atoms with Crippen molar-refractivity contribution >= 4 is 23.0 Å². The maximum atomic E-state index is 11.1. The molecule has 0 spiro atoms. The van der Waals surface area contributed by atoms with Crippen LogP contribution in [-0.2, 0) is 4.79 Å². The molecule has 2 aromatic heterocycles. The number of carbonyl (C=O) groups is 2. The Morgan fingerprint density at radius 3 is 2.67 bits per heavy atom. The average molecular weight is 447 g/mol. The van der Waals surface area contributed by atoms with Crippen LogP contribution in [0.1, 0.15) is 25.5 Å². The second kappa shape index (κ2) is 9.39. The summed E-state index contributed by atoms with van der Waals surface area (Å²) in [7, 11) is 0. The number of aromatic nitrogens is 2. The van der Waals surface area contributed by atoms with Gasteiger partial charge in [0.25, 0.3) is 0 Å². The molecule has 0 radical (unpaired) electrons. The number of rotatable bonds is 8. The molecule has 2 aromatic carbocycles. The zero-order valence-corrected chi connectivity index (χ0v) is 17.9. The lowest BCUT2D eigenvalue weighted by Gasteiger charge is -2.10. The summed E-state index contributed by atoms with van der Waals surface area (Å²) in [6.07, 6.45) is 0.496. The smallest absolute Gasteiger partial charge is 0.405 e. The monoisotopic (exact) mass is 447 g/mol. The Bertz CT molecular complexity index is 1300. The van der Waals surface area contributed by atoms with E-state index >= 15 is 0 Å². The third-order valence-electron chi connectivity index (χ3n) is 4.71. The van der Waals surface area contributed by atoms with Crippen LogP contribution >= 0.6 is 0 Å². The lowest BCUT2D eigenvalue weighted by atomic mass is 10.1. The number of nitrogens with one attached hydrogen (secondary N) is 1. The van der Waals surface area contributed by atoms with E-state index in [1.807, 2.05) is 0 Å². The van der Waals surface area contributed by atoms with Crippen LogP contribution in [0.3, 0.4) is 0 Å². The maximum Gasteiger partial charge on any atom is 0.405 e. The highest BCUT2D eigenvalue weighted by Gasteiger charge is 2.13. The molecule has 9 nitrogen and oxygen atoms in total. The van der Waals surface area contributed by atoms with Gasteiger partial charge in [0.1, 0.15) is 23.6 Å². The minimum absolute atomic E-state index is 0.00260. The molecule has 1 atom stereocenters. The van der Waals surface area contributed by atoms with Crippen LogP contribution in [0.25, 0.3) is 22.6 Å². The predicted octanol–water partition coefficient (Wildman–Crippen LogP) is 4.98. The molecule has 168 valence electrons. The van der Waals surface area contributed by atoms with E-state index in [2.05, 4.69) is 15.3 Å². The Balaban J connectivity index is 1.48. The second-order valence-electron chi connectivity index (χ2n) is 7.37. The summed E-state index contributed by atoms with van der Waals surface area (Å²) in [5.74, 6) is 1.74. The average Bonchev–Trinajstić information content (AvgIpc) is 3.21. The SMILES string of the molecule is CC(=O)COc1cccc(Oc2ccc(-c3nc4ccc(C(C)NC(=O)O)cc4o3)cn2)c1. The van der Waals surface area contributed by atoms with Gasteiger partial charge in [-0.2, -0.15) is 0 Å². The van der Waals surface area contributed by atoms with Gasteiger partial charge in [-0.25, -0.2) is 14.8 Å². The van der Waals surface area contributed by atoms with Crippen LogP contribution in [0.5, 0.6) is 17.4 Å². The highest BCUT2D eigenvalue weighted by Crippen LogP contribution is 2.29. The van der Waals surface area contributed by atoms with E-state index in [1.54, 1.807) is 67.7 Å². The van der Waals surface area contributed by atoms with Crippen LogP contribution in [0.2, 0.25) is 0 Å². The molecule has 0 aliphatic carbocycles. The number of ketones is 1. The quantitative estimate of drug-likeness (QED) is 0.388. The van der Waals surface area contributed by atoms with E-state index < -0.39 is 6.09 Å². The third-order valence-corrected chi connectivity index (χ3v) is 4.71. The van der Waals surface area contributed by atoms with Crippen molar-refractivity contribution < 1.29 is 28.6 Å². The minimum Gasteiger partial charge on any atom is -0.486 e. The summed E-state index contributed by atoms with van der Waals surface area (Å²) in [6.45, 7) is 3.20. The third kappa shape index (κ3) is 5.45. The summed E-state index contributed by atoms with van der Waals surface area (Å²) in [4.78, 5) is 30.7. The van der Waals surface area contributed by atoms with Gasteiger partial charge in [0.15, 0.2) is 11.4 Å². The topological polar surface area (TPSA) is 124 Å². The van der Waals surface area contributed by atoms with Crippen molar-refractivity contribution in [3.8, 4) is 28.8 Å². The molecule has 0 bridgehead atoms. The van der Waals surface area contributed by atoms with Crippen molar-refractivity contribution in [2.75, 3.05) is 6.61 Å². The second-order valence-corrected chi connectivity index (χ2v) is 7.37. The number of hydrogen-bond acceptors (Lipinski definition) is 7. The fourth-order valence-electron chi connectivity index (χ4n) is 3.10. The van der Waals surface area contributed by atoms with Gasteiger partial charge in [-0.05, 0) is 49.7 Å². The molecule has 0 saturated heterocycles. The van der Waals surface area contributed by atoms with Crippen molar-refractivity contribution in [2.24, 2.45) is 0 Å². The van der Waals surface area contributed by atoms with Gasteiger partial charge in [0, 0.05) is 18.3 Å². The Morgan fingerprint density at radius 2 is 1.94 bits per heavy atom. The molecule has 0 aliphatic rings. The first-order chi connectivity index (χ1) is 15.9. The van der Waals surface area contributed by atoms with Gasteiger partial charge in [0.2, 0.25) is 11.8 Å². The molecule has 4 aromatic rings. The van der Waals surface area contributed by atoms with Crippen LogP contribution in [0.4, 0.5) is 4.79 Å². The van der Waals surface area contributed by atoms with E-state index in [0.717, 1.165) is 5.56 Å². The molecule has 33 heavy (non-hydrogen) atoms. The molecular weight excluding hydrogens is 426 g/mol. The van der Waals surface area contributed by atoms with E-state index in [9.17, 15) is 9.59 Å². The molecule has 1 amide bonds. The summed E-state index contributed by atoms with van der Waals surface area (Å²) in [6, 6.07) is 15.4. The Hall–Kier alpha value is -4.40. The fraction of sp³-hybridized carbons (Fsp3) is 0.167. The van der Waals surface area contributed by atoms with Crippen molar-refractivity contribution in [2.45, 2.75) is 19.9 Å². The van der Waals surface area contributed by atoms with Crippen LogP contribution in [-0.4, -0.2) is 33.6 Å². The highest BCUT2D eigenvalue weighted by molar-refractivity contribution is 5.77.